The van der Waals surface area contributed by atoms with Crippen LogP contribution in [0.2, 0.25) is 0 Å². The molecule has 0 unspecified atom stereocenters. The molecule has 1 N–H and O–H groups in total. The largest absolute Gasteiger partial charge is 0.444 e. The van der Waals surface area contributed by atoms with Gasteiger partial charge < -0.3 is 15.0 Å². The van der Waals surface area contributed by atoms with Crippen molar-refractivity contribution in [3.05, 3.63) is 17.0 Å². The summed E-state index contributed by atoms with van der Waals surface area (Å²) in [5, 5.41) is 7.26. The van der Waals surface area contributed by atoms with E-state index in [1.165, 1.54) is 0 Å². The second-order valence-electron chi connectivity index (χ2n) is 7.65. The number of carbonyl (C=O) groups excluding carboxylic acids is 2. The number of nitrogens with zero attached hydrogens (tertiary/aromatic N) is 3. The summed E-state index contributed by atoms with van der Waals surface area (Å²) >= 11 is 0. The van der Waals surface area contributed by atoms with Crippen LogP contribution in [-0.4, -0.2) is 45.4 Å². The van der Waals surface area contributed by atoms with E-state index in [2.05, 4.69) is 10.4 Å². The molecule has 0 aliphatic carbocycles. The molecule has 134 valence electrons. The lowest BCUT2D eigenvalue weighted by Gasteiger charge is -2.30. The average molecular weight is 336 g/mol. The van der Waals surface area contributed by atoms with Gasteiger partial charge in [-0.1, -0.05) is 13.8 Å². The van der Waals surface area contributed by atoms with Gasteiger partial charge in [0.1, 0.15) is 5.60 Å². The molecule has 7 nitrogen and oxygen atoms in total. The van der Waals surface area contributed by atoms with Gasteiger partial charge in [-0.05, 0) is 26.7 Å². The predicted molar refractivity (Wildman–Crippen MR) is 90.7 cm³/mol. The van der Waals surface area contributed by atoms with Crippen molar-refractivity contribution in [2.45, 2.75) is 53.2 Å². The van der Waals surface area contributed by atoms with Gasteiger partial charge in [0.25, 0.3) is 5.91 Å². The smallest absolute Gasteiger partial charge is 0.410 e. The summed E-state index contributed by atoms with van der Waals surface area (Å²) in [6.07, 6.45) is 0.306. The lowest BCUT2D eigenvalue weighted by atomic mass is 10.0. The second-order valence-corrected chi connectivity index (χ2v) is 7.65. The van der Waals surface area contributed by atoms with E-state index in [1.54, 1.807) is 9.58 Å². The van der Waals surface area contributed by atoms with Gasteiger partial charge in [0.15, 0.2) is 5.69 Å². The van der Waals surface area contributed by atoms with Gasteiger partial charge in [-0.3, -0.25) is 9.48 Å². The van der Waals surface area contributed by atoms with Crippen molar-refractivity contribution >= 4 is 12.0 Å². The van der Waals surface area contributed by atoms with Gasteiger partial charge in [0.2, 0.25) is 0 Å². The van der Waals surface area contributed by atoms with Crippen LogP contribution in [0.3, 0.4) is 0 Å². The van der Waals surface area contributed by atoms with Crippen LogP contribution in [0.25, 0.3) is 0 Å². The fraction of sp³-hybridized carbons (Fsp3) is 0.706. The number of hydrogen-bond donors (Lipinski definition) is 1. The van der Waals surface area contributed by atoms with Crippen molar-refractivity contribution in [2.75, 3.05) is 13.1 Å². The van der Waals surface area contributed by atoms with Gasteiger partial charge in [-0.25, -0.2) is 4.79 Å². The summed E-state index contributed by atoms with van der Waals surface area (Å²) in [5.74, 6) is 0.179. The van der Waals surface area contributed by atoms with E-state index in [1.807, 2.05) is 41.7 Å². The first kappa shape index (κ1) is 18.3. The Morgan fingerprint density at radius 3 is 2.58 bits per heavy atom. The van der Waals surface area contributed by atoms with Crippen LogP contribution in [-0.2, 0) is 24.8 Å². The zero-order valence-corrected chi connectivity index (χ0v) is 15.5. The Kier molecular flexibility index (Phi) is 5.20. The molecule has 0 radical (unpaired) electrons. The highest BCUT2D eigenvalue weighted by Gasteiger charge is 2.31. The number of amides is 2. The number of ether oxygens (including phenoxy) is 1. The summed E-state index contributed by atoms with van der Waals surface area (Å²) in [6, 6.07) is 0. The van der Waals surface area contributed by atoms with Gasteiger partial charge >= 0.3 is 6.09 Å². The number of aromatic nitrogens is 2. The maximum absolute atomic E-state index is 12.4. The number of carbonyl (C=O) groups is 2. The standard InChI is InChI=1S/C17H28N4O3/c1-11(2)9-18-15(22)14-12-10-21(16(23)24-17(3,4)5)8-7-13(12)20(6)19-14/h11H,7-10H2,1-6H3,(H,18,22). The van der Waals surface area contributed by atoms with Crippen molar-refractivity contribution in [2.24, 2.45) is 13.0 Å². The van der Waals surface area contributed by atoms with E-state index < -0.39 is 5.60 Å². The van der Waals surface area contributed by atoms with Gasteiger partial charge in [0.05, 0.1) is 6.54 Å². The van der Waals surface area contributed by atoms with Crippen LogP contribution >= 0.6 is 0 Å². The number of nitrogens with one attached hydrogen (secondary N) is 1. The number of hydrogen-bond acceptors (Lipinski definition) is 4. The van der Waals surface area contributed by atoms with Crippen LogP contribution in [0.5, 0.6) is 0 Å². The summed E-state index contributed by atoms with van der Waals surface area (Å²) in [6.45, 7) is 11.1. The quantitative estimate of drug-likeness (QED) is 0.917. The minimum Gasteiger partial charge on any atom is -0.444 e. The monoisotopic (exact) mass is 336 g/mol. The number of fused-ring (bicyclic) bond motifs is 1. The van der Waals surface area contributed by atoms with E-state index in [4.69, 9.17) is 4.74 Å². The Labute approximate surface area is 143 Å². The molecule has 2 heterocycles. The van der Waals surface area contributed by atoms with Crippen molar-refractivity contribution in [3.63, 3.8) is 0 Å². The van der Waals surface area contributed by atoms with Crippen LogP contribution in [0.1, 0.15) is 56.4 Å². The van der Waals surface area contributed by atoms with E-state index in [9.17, 15) is 9.59 Å². The molecule has 0 spiro atoms. The molecule has 1 aliphatic rings. The van der Waals surface area contributed by atoms with E-state index in [-0.39, 0.29) is 12.0 Å². The van der Waals surface area contributed by atoms with Gasteiger partial charge in [0, 0.05) is 37.8 Å². The Hall–Kier alpha value is -2.05. The summed E-state index contributed by atoms with van der Waals surface area (Å²) in [5.41, 5.74) is 1.69. The third-order valence-corrected chi connectivity index (χ3v) is 3.78. The molecule has 2 rings (SSSR count). The molecule has 24 heavy (non-hydrogen) atoms. The molecular formula is C17H28N4O3. The third kappa shape index (κ3) is 4.27. The number of rotatable bonds is 3. The molecule has 0 aromatic carbocycles. The van der Waals surface area contributed by atoms with Crippen LogP contribution < -0.4 is 5.32 Å². The second kappa shape index (κ2) is 6.83. The molecule has 2 amide bonds. The van der Waals surface area contributed by atoms with E-state index >= 15 is 0 Å². The van der Waals surface area contributed by atoms with E-state index in [0.29, 0.717) is 37.7 Å². The molecule has 0 saturated heterocycles. The first-order valence-electron chi connectivity index (χ1n) is 8.39. The van der Waals surface area contributed by atoms with Crippen molar-refractivity contribution < 1.29 is 14.3 Å². The maximum atomic E-state index is 12.4. The Bertz CT molecular complexity index is 629. The summed E-state index contributed by atoms with van der Waals surface area (Å²) < 4.78 is 7.18. The Morgan fingerprint density at radius 1 is 1.33 bits per heavy atom. The Balaban J connectivity index is 2.17. The third-order valence-electron chi connectivity index (χ3n) is 3.78. The first-order chi connectivity index (χ1) is 11.1. The number of aryl methyl sites for hydroxylation is 1. The molecule has 0 fully saturated rings. The molecule has 0 saturated carbocycles. The molecule has 0 atom stereocenters. The molecule has 7 heteroatoms. The minimum atomic E-state index is -0.538. The predicted octanol–water partition coefficient (Wildman–Crippen LogP) is 2.10. The van der Waals surface area contributed by atoms with Crippen LogP contribution in [0, 0.1) is 5.92 Å². The molecule has 0 bridgehead atoms. The molecule has 1 aromatic rings. The topological polar surface area (TPSA) is 76.5 Å². The van der Waals surface area contributed by atoms with Crippen LogP contribution in [0.4, 0.5) is 4.79 Å². The summed E-state index contributed by atoms with van der Waals surface area (Å²) in [7, 11) is 1.83. The molecular weight excluding hydrogens is 308 g/mol. The zero-order valence-electron chi connectivity index (χ0n) is 15.5. The van der Waals surface area contributed by atoms with E-state index in [0.717, 1.165) is 11.3 Å². The first-order valence-corrected chi connectivity index (χ1v) is 8.39. The maximum Gasteiger partial charge on any atom is 0.410 e. The lowest BCUT2D eigenvalue weighted by molar-refractivity contribution is 0.0221. The highest BCUT2D eigenvalue weighted by molar-refractivity contribution is 5.94. The van der Waals surface area contributed by atoms with Crippen molar-refractivity contribution in [1.29, 1.82) is 0 Å². The van der Waals surface area contributed by atoms with Crippen molar-refractivity contribution in [3.8, 4) is 0 Å². The van der Waals surface area contributed by atoms with Gasteiger partial charge in [-0.15, -0.1) is 0 Å². The highest BCUT2D eigenvalue weighted by Crippen LogP contribution is 2.23. The Morgan fingerprint density at radius 2 is 2.00 bits per heavy atom. The van der Waals surface area contributed by atoms with Crippen molar-refractivity contribution in [1.82, 2.24) is 20.0 Å². The average Bonchev–Trinajstić information content (AvgIpc) is 2.80. The zero-order chi connectivity index (χ0) is 18.1. The minimum absolute atomic E-state index is 0.188. The van der Waals surface area contributed by atoms with Gasteiger partial charge in [-0.2, -0.15) is 5.10 Å². The fourth-order valence-corrected chi connectivity index (χ4v) is 2.64. The summed E-state index contributed by atoms with van der Waals surface area (Å²) in [4.78, 5) is 26.4. The van der Waals surface area contributed by atoms with Crippen LogP contribution in [0.15, 0.2) is 0 Å². The molecule has 1 aliphatic heterocycles. The highest BCUT2D eigenvalue weighted by atomic mass is 16.6. The normalized spacial score (nSPS) is 14.5. The SMILES string of the molecule is CC(C)CNC(=O)c1nn(C)c2c1CN(C(=O)OC(C)(C)C)CC2. The molecule has 1 aromatic heterocycles. The lowest BCUT2D eigenvalue weighted by Crippen LogP contribution is -2.40. The fourth-order valence-electron chi connectivity index (χ4n) is 2.64.